The zero-order valence-corrected chi connectivity index (χ0v) is 16.1. The fourth-order valence-electron chi connectivity index (χ4n) is 2.35. The third-order valence-electron chi connectivity index (χ3n) is 3.88. The first-order valence-electron chi connectivity index (χ1n) is 8.24. The van der Waals surface area contributed by atoms with Gasteiger partial charge in [-0.05, 0) is 42.7 Å². The van der Waals surface area contributed by atoms with Crippen LogP contribution in [0.25, 0.3) is 0 Å². The minimum absolute atomic E-state index is 0.0508. The molecule has 0 aliphatic rings. The maximum atomic E-state index is 12.4. The number of carbonyl (C=O) groups excluding carboxylic acids is 1. The van der Waals surface area contributed by atoms with Gasteiger partial charge < -0.3 is 14.8 Å². The number of benzene rings is 2. The summed E-state index contributed by atoms with van der Waals surface area (Å²) in [5.41, 5.74) is 1.98. The molecule has 5 heteroatoms. The van der Waals surface area contributed by atoms with Crippen LogP contribution in [0.2, 0.25) is 0 Å². The van der Waals surface area contributed by atoms with Crippen molar-refractivity contribution >= 4 is 23.4 Å². The summed E-state index contributed by atoms with van der Waals surface area (Å²) in [6.45, 7) is 6.24. The van der Waals surface area contributed by atoms with Crippen molar-refractivity contribution in [2.24, 2.45) is 0 Å². The third-order valence-corrected chi connectivity index (χ3v) is 4.99. The van der Waals surface area contributed by atoms with Gasteiger partial charge >= 0.3 is 0 Å². The Morgan fingerprint density at radius 3 is 2.16 bits per heavy atom. The van der Waals surface area contributed by atoms with Crippen molar-refractivity contribution in [1.29, 1.82) is 0 Å². The third kappa shape index (κ3) is 5.16. The van der Waals surface area contributed by atoms with Crippen LogP contribution < -0.4 is 14.8 Å². The van der Waals surface area contributed by atoms with E-state index in [2.05, 4.69) is 43.4 Å². The molecule has 1 amide bonds. The molecular weight excluding hydrogens is 334 g/mol. The van der Waals surface area contributed by atoms with E-state index >= 15 is 0 Å². The average molecular weight is 359 g/mol. The second-order valence-corrected chi connectivity index (χ2v) is 7.46. The van der Waals surface area contributed by atoms with E-state index in [-0.39, 0.29) is 11.2 Å². The number of nitrogens with one attached hydrogen (secondary N) is 1. The number of anilines is 1. The largest absolute Gasteiger partial charge is 0.493 e. The normalized spacial score (nSPS) is 11.9. The van der Waals surface area contributed by atoms with Crippen molar-refractivity contribution in [3.63, 3.8) is 0 Å². The summed E-state index contributed by atoms with van der Waals surface area (Å²) in [7, 11) is 3.15. The Labute approximate surface area is 153 Å². The highest BCUT2D eigenvalue weighted by Gasteiger charge is 2.16. The molecular formula is C20H25NO3S. The van der Waals surface area contributed by atoms with Crippen LogP contribution in [0.5, 0.6) is 11.5 Å². The minimum atomic E-state index is -0.210. The summed E-state index contributed by atoms with van der Waals surface area (Å²) in [6.07, 6.45) is 0. The van der Waals surface area contributed by atoms with E-state index in [0.717, 1.165) is 4.90 Å². The molecule has 0 saturated heterocycles. The van der Waals surface area contributed by atoms with E-state index in [4.69, 9.17) is 9.47 Å². The summed E-state index contributed by atoms with van der Waals surface area (Å²) in [5, 5.41) is 2.71. The van der Waals surface area contributed by atoms with Crippen LogP contribution >= 0.6 is 11.8 Å². The Kier molecular flexibility index (Phi) is 6.76. The molecule has 134 valence electrons. The molecule has 25 heavy (non-hydrogen) atoms. The SMILES string of the molecule is COc1ccc(NC(=O)C(C)Sc2ccc(C(C)C)cc2)cc1OC. The van der Waals surface area contributed by atoms with E-state index < -0.39 is 0 Å². The summed E-state index contributed by atoms with van der Waals surface area (Å²) < 4.78 is 10.5. The molecule has 0 radical (unpaired) electrons. The quantitative estimate of drug-likeness (QED) is 0.711. The lowest BCUT2D eigenvalue weighted by atomic mass is 10.0. The van der Waals surface area contributed by atoms with Gasteiger partial charge in [0.1, 0.15) is 0 Å². The Bertz CT molecular complexity index is 713. The van der Waals surface area contributed by atoms with E-state index in [1.54, 1.807) is 44.2 Å². The number of hydrogen-bond donors (Lipinski definition) is 1. The van der Waals surface area contributed by atoms with Crippen LogP contribution in [-0.4, -0.2) is 25.4 Å². The predicted molar refractivity (Wildman–Crippen MR) is 104 cm³/mol. The number of methoxy groups -OCH3 is 2. The summed E-state index contributed by atoms with van der Waals surface area (Å²) in [6, 6.07) is 13.7. The lowest BCUT2D eigenvalue weighted by Gasteiger charge is -2.14. The Balaban J connectivity index is 2.00. The number of carbonyl (C=O) groups is 1. The van der Waals surface area contributed by atoms with E-state index in [1.165, 1.54) is 5.56 Å². The summed E-state index contributed by atoms with van der Waals surface area (Å²) in [5.74, 6) is 1.67. The average Bonchev–Trinajstić information content (AvgIpc) is 2.61. The second-order valence-electron chi connectivity index (χ2n) is 6.04. The lowest BCUT2D eigenvalue weighted by Crippen LogP contribution is -2.22. The number of thioether (sulfide) groups is 1. The minimum Gasteiger partial charge on any atom is -0.493 e. The zero-order chi connectivity index (χ0) is 18.4. The standard InChI is InChI=1S/C20H25NO3S/c1-13(2)15-6-9-17(10-7-15)25-14(3)20(22)21-16-8-11-18(23-4)19(12-16)24-5/h6-14H,1-5H3,(H,21,22). The summed E-state index contributed by atoms with van der Waals surface area (Å²) in [4.78, 5) is 13.5. The van der Waals surface area contributed by atoms with Gasteiger partial charge in [0, 0.05) is 16.6 Å². The van der Waals surface area contributed by atoms with E-state index in [9.17, 15) is 4.79 Å². The van der Waals surface area contributed by atoms with Crippen molar-refractivity contribution in [3.05, 3.63) is 48.0 Å². The summed E-state index contributed by atoms with van der Waals surface area (Å²) >= 11 is 1.54. The number of rotatable bonds is 7. The molecule has 2 aromatic rings. The topological polar surface area (TPSA) is 47.6 Å². The molecule has 4 nitrogen and oxygen atoms in total. The van der Waals surface area contributed by atoms with Crippen LogP contribution in [0, 0.1) is 0 Å². The highest BCUT2D eigenvalue weighted by molar-refractivity contribution is 8.00. The Hall–Kier alpha value is -2.14. The molecule has 1 N–H and O–H groups in total. The highest BCUT2D eigenvalue weighted by atomic mass is 32.2. The molecule has 0 aliphatic heterocycles. The Morgan fingerprint density at radius 1 is 0.960 bits per heavy atom. The van der Waals surface area contributed by atoms with Gasteiger partial charge in [0.25, 0.3) is 0 Å². The van der Waals surface area contributed by atoms with E-state index in [1.807, 2.05) is 6.92 Å². The first-order chi connectivity index (χ1) is 11.9. The van der Waals surface area contributed by atoms with Crippen molar-refractivity contribution in [1.82, 2.24) is 0 Å². The first-order valence-corrected chi connectivity index (χ1v) is 9.12. The zero-order valence-electron chi connectivity index (χ0n) is 15.3. The van der Waals surface area contributed by atoms with Crippen LogP contribution in [0.15, 0.2) is 47.4 Å². The molecule has 0 saturated carbocycles. The number of amides is 1. The Morgan fingerprint density at radius 2 is 1.60 bits per heavy atom. The van der Waals surface area contributed by atoms with Crippen molar-refractivity contribution < 1.29 is 14.3 Å². The van der Waals surface area contributed by atoms with Crippen molar-refractivity contribution in [3.8, 4) is 11.5 Å². The molecule has 0 aliphatic carbocycles. The van der Waals surface area contributed by atoms with Gasteiger partial charge in [0.05, 0.1) is 19.5 Å². The van der Waals surface area contributed by atoms with Crippen molar-refractivity contribution in [2.75, 3.05) is 19.5 Å². The van der Waals surface area contributed by atoms with Gasteiger partial charge in [0.15, 0.2) is 11.5 Å². The molecule has 1 atom stereocenters. The maximum Gasteiger partial charge on any atom is 0.237 e. The second kappa shape index (κ2) is 8.81. The molecule has 0 aromatic heterocycles. The molecule has 0 spiro atoms. The van der Waals surface area contributed by atoms with Gasteiger partial charge in [-0.2, -0.15) is 0 Å². The molecule has 2 aromatic carbocycles. The first kappa shape index (κ1) is 19.2. The molecule has 0 heterocycles. The van der Waals surface area contributed by atoms with Gasteiger partial charge in [-0.25, -0.2) is 0 Å². The molecule has 1 unspecified atom stereocenters. The molecule has 0 bridgehead atoms. The van der Waals surface area contributed by atoms with Crippen LogP contribution in [0.4, 0.5) is 5.69 Å². The monoisotopic (exact) mass is 359 g/mol. The number of hydrogen-bond acceptors (Lipinski definition) is 4. The van der Waals surface area contributed by atoms with Crippen LogP contribution in [0.3, 0.4) is 0 Å². The molecule has 0 fully saturated rings. The van der Waals surface area contributed by atoms with Gasteiger partial charge in [-0.3, -0.25) is 4.79 Å². The fourth-order valence-corrected chi connectivity index (χ4v) is 3.21. The van der Waals surface area contributed by atoms with Crippen molar-refractivity contribution in [2.45, 2.75) is 36.8 Å². The molecule has 2 rings (SSSR count). The van der Waals surface area contributed by atoms with Gasteiger partial charge in [0.2, 0.25) is 5.91 Å². The van der Waals surface area contributed by atoms with Crippen LogP contribution in [0.1, 0.15) is 32.3 Å². The van der Waals surface area contributed by atoms with Crippen LogP contribution in [-0.2, 0) is 4.79 Å². The van der Waals surface area contributed by atoms with E-state index in [0.29, 0.717) is 23.1 Å². The number of ether oxygens (including phenoxy) is 2. The predicted octanol–water partition coefficient (Wildman–Crippen LogP) is 4.95. The smallest absolute Gasteiger partial charge is 0.237 e. The maximum absolute atomic E-state index is 12.4. The fraction of sp³-hybridized carbons (Fsp3) is 0.350. The highest BCUT2D eigenvalue weighted by Crippen LogP contribution is 2.31. The van der Waals surface area contributed by atoms with Gasteiger partial charge in [-0.1, -0.05) is 26.0 Å². The van der Waals surface area contributed by atoms with Gasteiger partial charge in [-0.15, -0.1) is 11.8 Å². The lowest BCUT2D eigenvalue weighted by molar-refractivity contribution is -0.115.